The van der Waals surface area contributed by atoms with E-state index in [0.717, 1.165) is 0 Å². The van der Waals surface area contributed by atoms with Gasteiger partial charge in [0.05, 0.1) is 12.1 Å². The van der Waals surface area contributed by atoms with Crippen molar-refractivity contribution >= 4 is 48.5 Å². The fourth-order valence-corrected chi connectivity index (χ4v) is 4.75. The number of thiol groups is 1. The second kappa shape index (κ2) is 19.1. The van der Waals surface area contributed by atoms with E-state index in [1.807, 2.05) is 13.8 Å². The number of amides is 5. The molecule has 0 saturated carbocycles. The highest BCUT2D eigenvalue weighted by Gasteiger charge is 2.31. The van der Waals surface area contributed by atoms with Crippen LogP contribution >= 0.6 is 12.6 Å². The smallest absolute Gasteiger partial charge is 0.244 e. The fourth-order valence-electron chi connectivity index (χ4n) is 4.49. The molecule has 0 unspecified atom stereocenters. The zero-order chi connectivity index (χ0) is 35.1. The maximum atomic E-state index is 13.6. The van der Waals surface area contributed by atoms with E-state index in [1.165, 1.54) is 24.3 Å². The Labute approximate surface area is 278 Å². The summed E-state index contributed by atoms with van der Waals surface area (Å²) in [4.78, 5) is 75.6. The lowest BCUT2D eigenvalue weighted by Crippen LogP contribution is -2.59. The van der Waals surface area contributed by atoms with E-state index in [4.69, 9.17) is 11.5 Å². The molecule has 0 aliphatic rings. The van der Waals surface area contributed by atoms with Gasteiger partial charge in [-0.2, -0.15) is 12.6 Å². The first-order valence-corrected chi connectivity index (χ1v) is 15.6. The molecule has 1 radical (unpaired) electrons. The molecular formula is C32H43N6O8S. The van der Waals surface area contributed by atoms with Crippen LogP contribution in [0.3, 0.4) is 0 Å². The normalized spacial score (nSPS) is 14.1. The molecule has 47 heavy (non-hydrogen) atoms. The molecule has 0 aliphatic carbocycles. The van der Waals surface area contributed by atoms with Gasteiger partial charge in [-0.25, -0.2) is 0 Å². The molecule has 14 nitrogen and oxygen atoms in total. The number of phenolic OH excluding ortho intramolecular Hbond substituents is 2. The van der Waals surface area contributed by atoms with Gasteiger partial charge < -0.3 is 42.9 Å². The van der Waals surface area contributed by atoms with Gasteiger partial charge in [-0.3, -0.25) is 28.8 Å². The summed E-state index contributed by atoms with van der Waals surface area (Å²) in [5, 5.41) is 29.5. The number of carbonyl (C=O) groups excluding carboxylic acids is 6. The zero-order valence-electron chi connectivity index (χ0n) is 26.3. The van der Waals surface area contributed by atoms with Crippen molar-refractivity contribution in [2.24, 2.45) is 17.4 Å². The molecule has 15 heteroatoms. The van der Waals surface area contributed by atoms with Gasteiger partial charge in [0.1, 0.15) is 29.6 Å². The van der Waals surface area contributed by atoms with Crippen LogP contribution < -0.4 is 32.7 Å². The Kier molecular flexibility index (Phi) is 15.7. The van der Waals surface area contributed by atoms with Crippen molar-refractivity contribution in [3.63, 3.8) is 0 Å². The zero-order valence-corrected chi connectivity index (χ0v) is 27.2. The van der Waals surface area contributed by atoms with E-state index < -0.39 is 59.7 Å². The number of rotatable bonds is 19. The number of hydrogen-bond donors (Lipinski definition) is 9. The molecule has 5 atom stereocenters. The second-order valence-corrected chi connectivity index (χ2v) is 11.9. The van der Waals surface area contributed by atoms with E-state index in [9.17, 15) is 39.0 Å². The highest BCUT2D eigenvalue weighted by Crippen LogP contribution is 2.14. The van der Waals surface area contributed by atoms with E-state index >= 15 is 0 Å². The SMILES string of the molecule is CC(C)C[C@H](NC(=O)[C@H](Cc1ccc(O)cc1)NC(=O)[C@@H](N)CCC(N)=O)C(=O)N[C@@H](CS)C(=O)N[C@H]([C]=O)Cc1ccc(O)cc1. The molecule has 0 heterocycles. The first kappa shape index (κ1) is 38.6. The molecule has 0 spiro atoms. The highest BCUT2D eigenvalue weighted by atomic mass is 32.1. The number of aromatic hydroxyl groups is 2. The van der Waals surface area contributed by atoms with Crippen molar-refractivity contribution < 1.29 is 39.0 Å². The number of nitrogens with one attached hydrogen (secondary N) is 4. The Morgan fingerprint density at radius 1 is 0.745 bits per heavy atom. The summed E-state index contributed by atoms with van der Waals surface area (Å²) in [7, 11) is 0. The molecule has 0 saturated heterocycles. The molecule has 0 aliphatic heterocycles. The Balaban J connectivity index is 2.18. The minimum atomic E-state index is -1.21. The molecule has 0 aromatic heterocycles. The fraction of sp³-hybridized carbons (Fsp3) is 0.438. The average Bonchev–Trinajstić information content (AvgIpc) is 3.02. The Bertz CT molecular complexity index is 1370. The maximum Gasteiger partial charge on any atom is 0.244 e. The monoisotopic (exact) mass is 671 g/mol. The molecule has 2 aromatic rings. The van der Waals surface area contributed by atoms with Crippen LogP contribution in [0, 0.1) is 5.92 Å². The highest BCUT2D eigenvalue weighted by molar-refractivity contribution is 7.80. The summed E-state index contributed by atoms with van der Waals surface area (Å²) in [5.74, 6) is -3.63. The van der Waals surface area contributed by atoms with Crippen LogP contribution in [-0.2, 0) is 41.6 Å². The van der Waals surface area contributed by atoms with Crippen molar-refractivity contribution in [3.8, 4) is 11.5 Å². The number of nitrogens with two attached hydrogens (primary N) is 2. The Morgan fingerprint density at radius 2 is 1.21 bits per heavy atom. The van der Waals surface area contributed by atoms with Crippen LogP contribution in [0.25, 0.3) is 0 Å². The van der Waals surface area contributed by atoms with Gasteiger partial charge in [-0.05, 0) is 54.2 Å². The third-order valence-electron chi connectivity index (χ3n) is 7.04. The molecular weight excluding hydrogens is 628 g/mol. The largest absolute Gasteiger partial charge is 0.508 e. The third-order valence-corrected chi connectivity index (χ3v) is 7.40. The van der Waals surface area contributed by atoms with Crippen LogP contribution in [-0.4, -0.2) is 82.0 Å². The summed E-state index contributed by atoms with van der Waals surface area (Å²) in [6.45, 7) is 3.66. The average molecular weight is 672 g/mol. The lowest BCUT2D eigenvalue weighted by Gasteiger charge is -2.27. The quantitative estimate of drug-likeness (QED) is 0.0873. The summed E-state index contributed by atoms with van der Waals surface area (Å²) >= 11 is 4.19. The first-order chi connectivity index (χ1) is 22.2. The number of benzene rings is 2. The van der Waals surface area contributed by atoms with Gasteiger partial charge in [0, 0.05) is 25.0 Å². The van der Waals surface area contributed by atoms with Crippen LogP contribution in [0.5, 0.6) is 11.5 Å². The van der Waals surface area contributed by atoms with Crippen molar-refractivity contribution in [3.05, 3.63) is 59.7 Å². The van der Waals surface area contributed by atoms with Gasteiger partial charge >= 0.3 is 0 Å². The van der Waals surface area contributed by atoms with Crippen molar-refractivity contribution in [2.45, 2.75) is 76.2 Å². The molecule has 255 valence electrons. The van der Waals surface area contributed by atoms with Crippen LogP contribution in [0.1, 0.15) is 44.2 Å². The van der Waals surface area contributed by atoms with Crippen molar-refractivity contribution in [1.29, 1.82) is 0 Å². The van der Waals surface area contributed by atoms with Crippen molar-refractivity contribution in [1.82, 2.24) is 21.3 Å². The summed E-state index contributed by atoms with van der Waals surface area (Å²) in [5.41, 5.74) is 12.3. The van der Waals surface area contributed by atoms with Gasteiger partial charge in [-0.1, -0.05) is 38.1 Å². The van der Waals surface area contributed by atoms with Gasteiger partial charge in [-0.15, -0.1) is 0 Å². The summed E-state index contributed by atoms with van der Waals surface area (Å²) < 4.78 is 0. The molecule has 5 amide bonds. The number of primary amides is 1. The van der Waals surface area contributed by atoms with E-state index in [0.29, 0.717) is 11.1 Å². The number of carbonyl (C=O) groups is 5. The maximum absolute atomic E-state index is 13.6. The molecule has 2 rings (SSSR count). The third kappa shape index (κ3) is 13.7. The van der Waals surface area contributed by atoms with E-state index in [1.54, 1.807) is 30.6 Å². The number of hydrogen-bond acceptors (Lipinski definition) is 10. The summed E-state index contributed by atoms with van der Waals surface area (Å²) in [6, 6.07) is 6.33. The second-order valence-electron chi connectivity index (χ2n) is 11.5. The van der Waals surface area contributed by atoms with Gasteiger partial charge in [0.2, 0.25) is 35.8 Å². The molecule has 0 bridgehead atoms. The Morgan fingerprint density at radius 3 is 1.70 bits per heavy atom. The van der Waals surface area contributed by atoms with Gasteiger partial charge in [0.25, 0.3) is 0 Å². The van der Waals surface area contributed by atoms with Crippen molar-refractivity contribution in [2.75, 3.05) is 5.75 Å². The standard InChI is InChI=1S/C32H43N6O8S/c1-18(2)13-25(30(44)38-27(17-47)32(46)35-21(16-39)14-19-3-7-22(40)8-4-19)37-31(45)26(15-20-5-9-23(41)10-6-20)36-29(43)24(33)11-12-28(34)42/h3-10,18,21,24-27,40-41,47H,11-15,17,33H2,1-2H3,(H2,34,42)(H,35,46)(H,36,43)(H,37,45)(H,38,44)/t21-,24-,25-,26-,27-/m0/s1. The predicted octanol–water partition coefficient (Wildman–Crippen LogP) is -0.499. The summed E-state index contributed by atoms with van der Waals surface area (Å²) in [6.07, 6.45) is 1.81. The number of phenols is 2. The predicted molar refractivity (Wildman–Crippen MR) is 177 cm³/mol. The minimum Gasteiger partial charge on any atom is -0.508 e. The van der Waals surface area contributed by atoms with Gasteiger partial charge in [0.15, 0.2) is 0 Å². The molecule has 10 N–H and O–H groups in total. The van der Waals surface area contributed by atoms with E-state index in [2.05, 4.69) is 33.9 Å². The lowest BCUT2D eigenvalue weighted by molar-refractivity contribution is -0.134. The topological polar surface area (TPSA) is 243 Å². The van der Waals surface area contributed by atoms with E-state index in [-0.39, 0.29) is 55.3 Å². The molecule has 0 fully saturated rings. The minimum absolute atomic E-state index is 0.00131. The Hall–Kier alpha value is -4.63. The van der Waals surface area contributed by atoms with Crippen LogP contribution in [0.4, 0.5) is 0 Å². The first-order valence-electron chi connectivity index (χ1n) is 15.0. The lowest BCUT2D eigenvalue weighted by atomic mass is 10.00. The van der Waals surface area contributed by atoms with Crippen LogP contribution in [0.2, 0.25) is 0 Å². The molecule has 2 aromatic carbocycles. The van der Waals surface area contributed by atoms with Crippen LogP contribution in [0.15, 0.2) is 48.5 Å².